The predicted octanol–water partition coefficient (Wildman–Crippen LogP) is 1.63. The van der Waals surface area contributed by atoms with Crippen molar-refractivity contribution in [1.82, 2.24) is 9.97 Å². The van der Waals surface area contributed by atoms with Crippen molar-refractivity contribution in [1.29, 1.82) is 0 Å². The Labute approximate surface area is 108 Å². The second-order valence-corrected chi connectivity index (χ2v) is 5.10. The summed E-state index contributed by atoms with van der Waals surface area (Å²) in [7, 11) is 1.77. The predicted molar refractivity (Wildman–Crippen MR) is 72.7 cm³/mol. The summed E-state index contributed by atoms with van der Waals surface area (Å²) in [5.74, 6) is 2.26. The third-order valence-electron chi connectivity index (χ3n) is 3.57. The lowest BCUT2D eigenvalue weighted by Gasteiger charge is -2.40. The smallest absolute Gasteiger partial charge is 0.134 e. The van der Waals surface area contributed by atoms with Gasteiger partial charge in [0.1, 0.15) is 17.5 Å². The monoisotopic (exact) mass is 250 g/mol. The fourth-order valence-corrected chi connectivity index (χ4v) is 2.39. The van der Waals surface area contributed by atoms with Crippen LogP contribution in [0.4, 0.5) is 11.6 Å². The zero-order valence-corrected chi connectivity index (χ0v) is 11.4. The average Bonchev–Trinajstić information content (AvgIpc) is 2.38. The number of rotatable bonds is 3. The molecule has 1 aliphatic rings. The maximum absolute atomic E-state index is 5.83. The molecular weight excluding hydrogens is 228 g/mol. The highest BCUT2D eigenvalue weighted by Gasteiger charge is 2.31. The molecule has 0 spiro atoms. The Kier molecular flexibility index (Phi) is 3.71. The fourth-order valence-electron chi connectivity index (χ4n) is 2.39. The lowest BCUT2D eigenvalue weighted by molar-refractivity contribution is -0.00482. The Balaban J connectivity index is 2.23. The average molecular weight is 250 g/mol. The van der Waals surface area contributed by atoms with Crippen molar-refractivity contribution in [2.75, 3.05) is 30.8 Å². The molecule has 1 aromatic heterocycles. The molecule has 0 radical (unpaired) electrons. The minimum atomic E-state index is -0.0929. The summed E-state index contributed by atoms with van der Waals surface area (Å²) in [5, 5.41) is 0. The third kappa shape index (κ3) is 2.72. The molecule has 1 aliphatic heterocycles. The second-order valence-electron chi connectivity index (χ2n) is 5.10. The van der Waals surface area contributed by atoms with E-state index in [4.69, 9.17) is 10.5 Å². The van der Waals surface area contributed by atoms with Gasteiger partial charge in [0.25, 0.3) is 0 Å². The third-order valence-corrected chi connectivity index (χ3v) is 3.57. The van der Waals surface area contributed by atoms with Gasteiger partial charge in [0.05, 0.1) is 5.60 Å². The molecule has 0 aromatic carbocycles. The van der Waals surface area contributed by atoms with Crippen LogP contribution in [0.15, 0.2) is 6.07 Å². The summed E-state index contributed by atoms with van der Waals surface area (Å²) in [6.07, 6.45) is 2.99. The van der Waals surface area contributed by atoms with Crippen LogP contribution in [0.2, 0.25) is 0 Å². The summed E-state index contributed by atoms with van der Waals surface area (Å²) in [6.45, 7) is 6.03. The van der Waals surface area contributed by atoms with Crippen molar-refractivity contribution >= 4 is 11.6 Å². The molecule has 5 nitrogen and oxygen atoms in total. The number of piperidine rings is 1. The first-order valence-electron chi connectivity index (χ1n) is 6.50. The van der Waals surface area contributed by atoms with Crippen molar-refractivity contribution in [3.8, 4) is 0 Å². The van der Waals surface area contributed by atoms with E-state index in [1.807, 2.05) is 13.0 Å². The van der Waals surface area contributed by atoms with Gasteiger partial charge >= 0.3 is 0 Å². The number of methoxy groups -OCH3 is 1. The number of hydrogen-bond donors (Lipinski definition) is 1. The van der Waals surface area contributed by atoms with Gasteiger partial charge in [0.15, 0.2) is 0 Å². The van der Waals surface area contributed by atoms with Gasteiger partial charge in [-0.05, 0) is 19.8 Å². The summed E-state index contributed by atoms with van der Waals surface area (Å²) in [6, 6.07) is 1.85. The van der Waals surface area contributed by atoms with Gasteiger partial charge in [-0.25, -0.2) is 9.97 Å². The number of anilines is 2. The number of hydrogen-bond acceptors (Lipinski definition) is 5. The topological polar surface area (TPSA) is 64.3 Å². The van der Waals surface area contributed by atoms with E-state index < -0.39 is 0 Å². The maximum Gasteiger partial charge on any atom is 0.134 e. The Morgan fingerprint density at radius 1 is 1.50 bits per heavy atom. The van der Waals surface area contributed by atoms with E-state index in [1.165, 1.54) is 0 Å². The van der Waals surface area contributed by atoms with E-state index in [0.717, 1.165) is 44.0 Å². The summed E-state index contributed by atoms with van der Waals surface area (Å²) in [5.41, 5.74) is 5.74. The molecule has 0 saturated carbocycles. The zero-order chi connectivity index (χ0) is 13.2. The Hall–Kier alpha value is -1.36. The first-order valence-corrected chi connectivity index (χ1v) is 6.50. The van der Waals surface area contributed by atoms with Crippen molar-refractivity contribution in [3.05, 3.63) is 11.9 Å². The largest absolute Gasteiger partial charge is 0.384 e. The Morgan fingerprint density at radius 2 is 2.28 bits per heavy atom. The fraction of sp³-hybridized carbons (Fsp3) is 0.692. The number of aryl methyl sites for hydroxylation is 1. The highest BCUT2D eigenvalue weighted by molar-refractivity contribution is 5.47. The Bertz CT molecular complexity index is 423. The van der Waals surface area contributed by atoms with E-state index in [9.17, 15) is 0 Å². The summed E-state index contributed by atoms with van der Waals surface area (Å²) in [4.78, 5) is 11.0. The molecule has 2 rings (SSSR count). The molecule has 100 valence electrons. The second kappa shape index (κ2) is 5.10. The highest BCUT2D eigenvalue weighted by atomic mass is 16.5. The molecular formula is C13H22N4O. The van der Waals surface area contributed by atoms with Crippen LogP contribution >= 0.6 is 0 Å². The van der Waals surface area contributed by atoms with Crippen LogP contribution in [-0.4, -0.2) is 35.8 Å². The van der Waals surface area contributed by atoms with Crippen LogP contribution in [0.25, 0.3) is 0 Å². The van der Waals surface area contributed by atoms with Gasteiger partial charge < -0.3 is 15.4 Å². The molecule has 2 heterocycles. The SMILES string of the molecule is CCc1nc(N)cc(N2CCCC(C)(OC)C2)n1. The lowest BCUT2D eigenvalue weighted by Crippen LogP contribution is -2.47. The Morgan fingerprint density at radius 3 is 2.94 bits per heavy atom. The quantitative estimate of drug-likeness (QED) is 0.883. The zero-order valence-electron chi connectivity index (χ0n) is 11.4. The molecule has 18 heavy (non-hydrogen) atoms. The number of nitrogens with two attached hydrogens (primary N) is 1. The van der Waals surface area contributed by atoms with Crippen LogP contribution in [0, 0.1) is 0 Å². The molecule has 0 bridgehead atoms. The van der Waals surface area contributed by atoms with Crippen molar-refractivity contribution < 1.29 is 4.74 Å². The van der Waals surface area contributed by atoms with Crippen molar-refractivity contribution in [2.24, 2.45) is 0 Å². The van der Waals surface area contributed by atoms with E-state index >= 15 is 0 Å². The molecule has 5 heteroatoms. The van der Waals surface area contributed by atoms with Gasteiger partial charge in [-0.1, -0.05) is 6.92 Å². The minimum absolute atomic E-state index is 0.0929. The van der Waals surface area contributed by atoms with Crippen LogP contribution in [0.3, 0.4) is 0 Å². The lowest BCUT2D eigenvalue weighted by atomic mass is 9.95. The molecule has 0 aliphatic carbocycles. The minimum Gasteiger partial charge on any atom is -0.384 e. The molecule has 0 amide bonds. The molecule has 1 atom stereocenters. The van der Waals surface area contributed by atoms with Crippen LogP contribution < -0.4 is 10.6 Å². The summed E-state index contributed by atoms with van der Waals surface area (Å²) >= 11 is 0. The van der Waals surface area contributed by atoms with Crippen LogP contribution in [-0.2, 0) is 11.2 Å². The summed E-state index contributed by atoms with van der Waals surface area (Å²) < 4.78 is 5.60. The van der Waals surface area contributed by atoms with Gasteiger partial charge in [-0.15, -0.1) is 0 Å². The first-order chi connectivity index (χ1) is 8.56. The number of nitrogens with zero attached hydrogens (tertiary/aromatic N) is 3. The highest BCUT2D eigenvalue weighted by Crippen LogP contribution is 2.27. The molecule has 1 fully saturated rings. The van der Waals surface area contributed by atoms with Gasteiger partial charge in [-0.2, -0.15) is 0 Å². The number of aromatic nitrogens is 2. The molecule has 2 N–H and O–H groups in total. The van der Waals surface area contributed by atoms with E-state index in [-0.39, 0.29) is 5.60 Å². The number of nitrogen functional groups attached to an aromatic ring is 1. The number of ether oxygens (including phenoxy) is 1. The first kappa shape index (κ1) is 13.1. The van der Waals surface area contributed by atoms with Gasteiger partial charge in [0.2, 0.25) is 0 Å². The van der Waals surface area contributed by atoms with Crippen molar-refractivity contribution in [2.45, 2.75) is 38.7 Å². The van der Waals surface area contributed by atoms with Crippen LogP contribution in [0.5, 0.6) is 0 Å². The normalized spacial score (nSPS) is 24.3. The maximum atomic E-state index is 5.83. The van der Waals surface area contributed by atoms with Crippen molar-refractivity contribution in [3.63, 3.8) is 0 Å². The molecule has 1 aromatic rings. The van der Waals surface area contributed by atoms with E-state index in [2.05, 4.69) is 21.8 Å². The van der Waals surface area contributed by atoms with Gasteiger partial charge in [0, 0.05) is 32.7 Å². The standard InChI is InChI=1S/C13H22N4O/c1-4-11-15-10(14)8-12(16-11)17-7-5-6-13(2,9-17)18-3/h8H,4-7,9H2,1-3H3,(H2,14,15,16). The van der Waals surface area contributed by atoms with Gasteiger partial charge in [-0.3, -0.25) is 0 Å². The molecule has 1 saturated heterocycles. The van der Waals surface area contributed by atoms with E-state index in [0.29, 0.717) is 5.82 Å². The van der Waals surface area contributed by atoms with Crippen LogP contribution in [0.1, 0.15) is 32.5 Å². The molecule has 1 unspecified atom stereocenters. The van der Waals surface area contributed by atoms with E-state index in [1.54, 1.807) is 7.11 Å².